The highest BCUT2D eigenvalue weighted by atomic mass is 35.5. The minimum absolute atomic E-state index is 0.0253. The Morgan fingerprint density at radius 1 is 1.39 bits per heavy atom. The number of nitrogens with one attached hydrogen (secondary N) is 1. The Morgan fingerprint density at radius 3 is 2.48 bits per heavy atom. The number of ether oxygens (including phenoxy) is 1. The molecule has 130 valence electrons. The van der Waals surface area contributed by atoms with Gasteiger partial charge in [0.2, 0.25) is 10.0 Å². The van der Waals surface area contributed by atoms with Gasteiger partial charge in [-0.1, -0.05) is 25.4 Å². The minimum atomic E-state index is -4.42. The number of sulfonamides is 1. The van der Waals surface area contributed by atoms with Gasteiger partial charge < -0.3 is 9.84 Å². The molecule has 1 rings (SSSR count). The van der Waals surface area contributed by atoms with Crippen molar-refractivity contribution < 1.29 is 31.8 Å². The maximum absolute atomic E-state index is 12.4. The van der Waals surface area contributed by atoms with E-state index in [4.69, 9.17) is 16.7 Å². The van der Waals surface area contributed by atoms with Crippen LogP contribution in [0.15, 0.2) is 23.1 Å². The first-order valence-electron chi connectivity index (χ1n) is 6.52. The van der Waals surface area contributed by atoms with Gasteiger partial charge in [0.15, 0.2) is 0 Å². The summed E-state index contributed by atoms with van der Waals surface area (Å²) in [6.07, 6.45) is 0.0279. The highest BCUT2D eigenvalue weighted by Gasteiger charge is 2.29. The van der Waals surface area contributed by atoms with Gasteiger partial charge in [-0.3, -0.25) is 4.79 Å². The van der Waals surface area contributed by atoms with E-state index in [-0.39, 0.29) is 17.4 Å². The van der Waals surface area contributed by atoms with Crippen molar-refractivity contribution in [2.45, 2.75) is 37.8 Å². The van der Waals surface area contributed by atoms with Crippen molar-refractivity contribution >= 4 is 27.6 Å². The van der Waals surface area contributed by atoms with Crippen molar-refractivity contribution in [3.8, 4) is 5.75 Å². The number of rotatable bonds is 8. The molecule has 10 heteroatoms. The zero-order chi connectivity index (χ0) is 17.8. The van der Waals surface area contributed by atoms with Gasteiger partial charge in [0.1, 0.15) is 16.7 Å². The molecule has 0 saturated heterocycles. The molecule has 1 aromatic rings. The number of carbonyl (C=O) groups is 1. The SMILES string of the molecule is CC(C)C[C@H](NS(=O)(=O)c1cc(Cl)ccc1OC(F)F)C(=O)O. The van der Waals surface area contributed by atoms with Gasteiger partial charge in [0.05, 0.1) is 0 Å². The number of alkyl halides is 2. The molecule has 0 aromatic heterocycles. The highest BCUT2D eigenvalue weighted by Crippen LogP contribution is 2.29. The van der Waals surface area contributed by atoms with Gasteiger partial charge in [0.25, 0.3) is 0 Å². The first kappa shape index (κ1) is 19.6. The lowest BCUT2D eigenvalue weighted by Crippen LogP contribution is -2.41. The predicted molar refractivity (Wildman–Crippen MR) is 79.3 cm³/mol. The highest BCUT2D eigenvalue weighted by molar-refractivity contribution is 7.89. The first-order chi connectivity index (χ1) is 10.5. The summed E-state index contributed by atoms with van der Waals surface area (Å²) in [4.78, 5) is 10.5. The normalized spacial score (nSPS) is 13.3. The van der Waals surface area contributed by atoms with Crippen LogP contribution in [0.1, 0.15) is 20.3 Å². The largest absolute Gasteiger partial charge is 0.480 e. The summed E-state index contributed by atoms with van der Waals surface area (Å²) in [5.41, 5.74) is 0. The topological polar surface area (TPSA) is 92.7 Å². The third-order valence-electron chi connectivity index (χ3n) is 2.71. The van der Waals surface area contributed by atoms with Crippen LogP contribution >= 0.6 is 11.6 Å². The van der Waals surface area contributed by atoms with Gasteiger partial charge in [0, 0.05) is 5.02 Å². The number of benzene rings is 1. The predicted octanol–water partition coefficient (Wildman–Crippen LogP) is 2.72. The summed E-state index contributed by atoms with van der Waals surface area (Å²) in [6, 6.07) is 1.66. The van der Waals surface area contributed by atoms with E-state index in [0.29, 0.717) is 0 Å². The van der Waals surface area contributed by atoms with Crippen LogP contribution in [0.4, 0.5) is 8.78 Å². The maximum atomic E-state index is 12.4. The van der Waals surface area contributed by atoms with E-state index in [1.165, 1.54) is 6.07 Å². The monoisotopic (exact) mass is 371 g/mol. The van der Waals surface area contributed by atoms with E-state index in [2.05, 4.69) is 4.74 Å². The zero-order valence-corrected chi connectivity index (χ0v) is 13.9. The number of halogens is 3. The fourth-order valence-corrected chi connectivity index (χ4v) is 3.41. The second kappa shape index (κ2) is 7.89. The molecule has 0 spiro atoms. The summed E-state index contributed by atoms with van der Waals surface area (Å²) >= 11 is 5.69. The van der Waals surface area contributed by atoms with Crippen LogP contribution in [0.2, 0.25) is 5.02 Å². The number of carboxylic acid groups (broad SMARTS) is 1. The average molecular weight is 372 g/mol. The molecule has 0 heterocycles. The molecule has 0 aliphatic carbocycles. The Morgan fingerprint density at radius 2 is 2.00 bits per heavy atom. The van der Waals surface area contributed by atoms with Crippen LogP contribution in [0.5, 0.6) is 5.75 Å². The Labute approximate surface area is 137 Å². The van der Waals surface area contributed by atoms with Gasteiger partial charge in [-0.25, -0.2) is 8.42 Å². The summed E-state index contributed by atoms with van der Waals surface area (Å²) in [7, 11) is -4.42. The summed E-state index contributed by atoms with van der Waals surface area (Å²) in [5.74, 6) is -2.10. The van der Waals surface area contributed by atoms with Crippen molar-refractivity contribution in [1.29, 1.82) is 0 Å². The molecule has 0 bridgehead atoms. The van der Waals surface area contributed by atoms with Crippen molar-refractivity contribution in [3.05, 3.63) is 23.2 Å². The van der Waals surface area contributed by atoms with Crippen molar-refractivity contribution in [1.82, 2.24) is 4.72 Å². The van der Waals surface area contributed by atoms with Gasteiger partial charge in [-0.05, 0) is 30.5 Å². The third kappa shape index (κ3) is 5.92. The lowest BCUT2D eigenvalue weighted by molar-refractivity contribution is -0.139. The lowest BCUT2D eigenvalue weighted by Gasteiger charge is -2.18. The number of carboxylic acids is 1. The Balaban J connectivity index is 3.21. The van der Waals surface area contributed by atoms with Gasteiger partial charge >= 0.3 is 12.6 Å². The third-order valence-corrected chi connectivity index (χ3v) is 4.44. The average Bonchev–Trinajstić information content (AvgIpc) is 2.38. The van der Waals surface area contributed by atoms with Crippen LogP contribution in [0.25, 0.3) is 0 Å². The molecular weight excluding hydrogens is 356 g/mol. The lowest BCUT2D eigenvalue weighted by atomic mass is 10.1. The molecule has 0 saturated carbocycles. The second-order valence-electron chi connectivity index (χ2n) is 5.11. The molecule has 2 N–H and O–H groups in total. The molecule has 0 fully saturated rings. The Bertz CT molecular complexity index is 666. The van der Waals surface area contributed by atoms with Crippen LogP contribution in [-0.4, -0.2) is 32.1 Å². The molecule has 0 aliphatic heterocycles. The molecule has 0 amide bonds. The Kier molecular flexibility index (Phi) is 6.72. The zero-order valence-electron chi connectivity index (χ0n) is 12.3. The van der Waals surface area contributed by atoms with E-state index < -0.39 is 39.3 Å². The van der Waals surface area contributed by atoms with Crippen molar-refractivity contribution in [2.24, 2.45) is 5.92 Å². The molecule has 0 unspecified atom stereocenters. The van der Waals surface area contributed by atoms with Crippen molar-refractivity contribution in [2.75, 3.05) is 0 Å². The fraction of sp³-hybridized carbons (Fsp3) is 0.462. The molecule has 0 aliphatic rings. The van der Waals surface area contributed by atoms with E-state index >= 15 is 0 Å². The Hall–Kier alpha value is -1.45. The summed E-state index contributed by atoms with van der Waals surface area (Å²) in [6.45, 7) is 0.195. The van der Waals surface area contributed by atoms with Gasteiger partial charge in [-0.15, -0.1) is 0 Å². The quantitative estimate of drug-likeness (QED) is 0.733. The smallest absolute Gasteiger partial charge is 0.387 e. The minimum Gasteiger partial charge on any atom is -0.480 e. The molecule has 23 heavy (non-hydrogen) atoms. The summed E-state index contributed by atoms with van der Waals surface area (Å²) in [5, 5.41) is 9.07. The second-order valence-corrected chi connectivity index (χ2v) is 7.23. The number of hydrogen-bond donors (Lipinski definition) is 2. The molecule has 1 atom stereocenters. The van der Waals surface area contributed by atoms with Crippen LogP contribution in [-0.2, 0) is 14.8 Å². The molecule has 1 aromatic carbocycles. The molecular formula is C13H16ClF2NO5S. The molecule has 0 radical (unpaired) electrons. The standard InChI is InChI=1S/C13H16ClF2NO5S/c1-7(2)5-9(12(18)19)17-23(20,21)11-6-8(14)3-4-10(11)22-13(15)16/h3-4,6-7,9,13,17H,5H2,1-2H3,(H,18,19)/t9-/m0/s1. The van der Waals surface area contributed by atoms with Gasteiger partial charge in [-0.2, -0.15) is 13.5 Å². The van der Waals surface area contributed by atoms with E-state index in [9.17, 15) is 22.0 Å². The van der Waals surface area contributed by atoms with Crippen LogP contribution in [0, 0.1) is 5.92 Å². The molecule has 6 nitrogen and oxygen atoms in total. The van der Waals surface area contributed by atoms with E-state index in [1.54, 1.807) is 13.8 Å². The van der Waals surface area contributed by atoms with E-state index in [1.807, 2.05) is 4.72 Å². The van der Waals surface area contributed by atoms with E-state index in [0.717, 1.165) is 12.1 Å². The van der Waals surface area contributed by atoms with Crippen molar-refractivity contribution in [3.63, 3.8) is 0 Å². The summed E-state index contributed by atoms with van der Waals surface area (Å²) < 4.78 is 55.5. The fourth-order valence-electron chi connectivity index (χ4n) is 1.81. The maximum Gasteiger partial charge on any atom is 0.387 e. The first-order valence-corrected chi connectivity index (χ1v) is 8.38. The van der Waals surface area contributed by atoms with Crippen LogP contribution < -0.4 is 9.46 Å². The number of aliphatic carboxylic acids is 1. The number of hydrogen-bond acceptors (Lipinski definition) is 4. The van der Waals surface area contributed by atoms with Crippen LogP contribution in [0.3, 0.4) is 0 Å².